The Bertz CT molecular complexity index is 916. The van der Waals surface area contributed by atoms with Gasteiger partial charge in [-0.2, -0.15) is 0 Å². The van der Waals surface area contributed by atoms with Crippen LogP contribution in [-0.4, -0.2) is 37.2 Å². The summed E-state index contributed by atoms with van der Waals surface area (Å²) < 4.78 is 16.8. The lowest BCUT2D eigenvalue weighted by atomic mass is 10.00. The van der Waals surface area contributed by atoms with Crippen molar-refractivity contribution in [3.63, 3.8) is 0 Å². The molecule has 2 atom stereocenters. The van der Waals surface area contributed by atoms with E-state index in [0.29, 0.717) is 19.3 Å². The molecule has 0 N–H and O–H groups in total. The van der Waals surface area contributed by atoms with Crippen LogP contribution in [-0.2, 0) is 28.6 Å². The molecule has 0 bridgehead atoms. The molecule has 0 radical (unpaired) electrons. The average Bonchev–Trinajstić information content (AvgIpc) is 3.20. The van der Waals surface area contributed by atoms with Crippen LogP contribution in [0.3, 0.4) is 0 Å². The Balaban J connectivity index is 4.30. The van der Waals surface area contributed by atoms with E-state index < -0.39 is 6.10 Å². The minimum absolute atomic E-state index is 0.0651. The predicted octanol–water partition coefficient (Wildman–Crippen LogP) is 16.8. The van der Waals surface area contributed by atoms with E-state index in [4.69, 9.17) is 14.2 Å². The Morgan fingerprint density at radius 2 is 0.593 bits per heavy atom. The van der Waals surface area contributed by atoms with Gasteiger partial charge in [0.25, 0.3) is 0 Å². The van der Waals surface area contributed by atoms with Gasteiger partial charge in [0.2, 0.25) is 0 Å². The van der Waals surface area contributed by atoms with Crippen LogP contribution in [0.4, 0.5) is 0 Å². The maximum Gasteiger partial charge on any atom is 0.306 e. The molecule has 0 spiro atoms. The topological polar surface area (TPSA) is 78.9 Å². The third-order valence-corrected chi connectivity index (χ3v) is 12.3. The molecule has 0 heterocycles. The third-order valence-electron chi connectivity index (χ3n) is 12.3. The summed E-state index contributed by atoms with van der Waals surface area (Å²) in [5.41, 5.74) is 0. The first-order valence-electron chi connectivity index (χ1n) is 26.1. The zero-order chi connectivity index (χ0) is 43.4. The average molecular weight is 835 g/mol. The van der Waals surface area contributed by atoms with Gasteiger partial charge in [-0.3, -0.25) is 14.4 Å². The smallest absolute Gasteiger partial charge is 0.306 e. The van der Waals surface area contributed by atoms with Crippen LogP contribution >= 0.6 is 0 Å². The zero-order valence-corrected chi connectivity index (χ0v) is 40.5. The molecule has 0 aromatic heterocycles. The minimum Gasteiger partial charge on any atom is -0.462 e. The molecule has 0 saturated heterocycles. The lowest BCUT2D eigenvalue weighted by Gasteiger charge is -2.18. The normalized spacial score (nSPS) is 12.6. The maximum atomic E-state index is 12.8. The molecule has 0 fully saturated rings. The molecule has 59 heavy (non-hydrogen) atoms. The minimum atomic E-state index is -0.763. The second-order valence-electron chi connectivity index (χ2n) is 19.4. The summed E-state index contributed by atoms with van der Waals surface area (Å²) in [4.78, 5) is 37.9. The van der Waals surface area contributed by atoms with Gasteiger partial charge in [0.15, 0.2) is 6.10 Å². The summed E-state index contributed by atoms with van der Waals surface area (Å²) in [5.74, 6) is 1.63. The summed E-state index contributed by atoms with van der Waals surface area (Å²) >= 11 is 0. The highest BCUT2D eigenvalue weighted by Crippen LogP contribution is 2.18. The molecule has 0 amide bonds. The fourth-order valence-electron chi connectivity index (χ4n) is 7.91. The van der Waals surface area contributed by atoms with E-state index in [1.807, 2.05) is 0 Å². The van der Waals surface area contributed by atoms with Gasteiger partial charge >= 0.3 is 17.9 Å². The van der Waals surface area contributed by atoms with Crippen molar-refractivity contribution in [1.82, 2.24) is 0 Å². The summed E-state index contributed by atoms with van der Waals surface area (Å²) in [6.45, 7) is 13.7. The van der Waals surface area contributed by atoms with Crippen molar-refractivity contribution in [2.75, 3.05) is 13.2 Å². The molecule has 350 valence electrons. The van der Waals surface area contributed by atoms with Crippen LogP contribution in [0.1, 0.15) is 286 Å². The van der Waals surface area contributed by atoms with Crippen LogP contribution < -0.4 is 0 Å². The van der Waals surface area contributed by atoms with Crippen LogP contribution in [0.15, 0.2) is 0 Å². The van der Waals surface area contributed by atoms with Gasteiger partial charge in [0.05, 0.1) is 0 Å². The first kappa shape index (κ1) is 57.4. The van der Waals surface area contributed by atoms with Crippen LogP contribution in [0.2, 0.25) is 0 Å². The zero-order valence-electron chi connectivity index (χ0n) is 40.5. The molecule has 1 unspecified atom stereocenters. The predicted molar refractivity (Wildman–Crippen MR) is 252 cm³/mol. The quantitative estimate of drug-likeness (QED) is 0.0345. The maximum absolute atomic E-state index is 12.8. The Morgan fingerprint density at radius 1 is 0.339 bits per heavy atom. The summed E-state index contributed by atoms with van der Waals surface area (Å²) in [7, 11) is 0. The molecule has 0 aliphatic rings. The van der Waals surface area contributed by atoms with Crippen LogP contribution in [0, 0.1) is 17.8 Å². The van der Waals surface area contributed by atoms with E-state index in [0.717, 1.165) is 75.5 Å². The monoisotopic (exact) mass is 835 g/mol. The first-order valence-corrected chi connectivity index (χ1v) is 26.1. The van der Waals surface area contributed by atoms with E-state index >= 15 is 0 Å². The largest absolute Gasteiger partial charge is 0.462 e. The molecule has 0 rings (SSSR count). The number of esters is 3. The second kappa shape index (κ2) is 44.5. The Hall–Kier alpha value is -1.59. The molecular weight excluding hydrogens is 733 g/mol. The van der Waals surface area contributed by atoms with E-state index in [1.54, 1.807) is 0 Å². The Labute approximate surface area is 368 Å². The van der Waals surface area contributed by atoms with E-state index in [1.165, 1.54) is 167 Å². The van der Waals surface area contributed by atoms with Crippen molar-refractivity contribution in [1.29, 1.82) is 0 Å². The van der Waals surface area contributed by atoms with Crippen molar-refractivity contribution < 1.29 is 28.6 Å². The van der Waals surface area contributed by atoms with Crippen LogP contribution in [0.25, 0.3) is 0 Å². The van der Waals surface area contributed by atoms with Crippen molar-refractivity contribution in [2.24, 2.45) is 17.8 Å². The summed E-state index contributed by atoms with van der Waals surface area (Å²) in [5, 5.41) is 0. The summed E-state index contributed by atoms with van der Waals surface area (Å²) in [6.07, 6.45) is 43.8. The molecule has 6 nitrogen and oxygen atoms in total. The Kier molecular flexibility index (Phi) is 43.3. The standard InChI is InChI=1S/C53H102O6/c1-7-49(6)41-35-29-25-26-31-37-43-52(55)58-46-50(45-57-51(54)42-36-30-23-19-15-12-11-14-18-22-28-34-40-48(4)5)59-53(56)44-38-32-24-20-16-10-8-9-13-17-21-27-33-39-47(2)3/h47-50H,7-46H2,1-6H3/t49?,50-/m1/s1. The SMILES string of the molecule is CCC(C)CCCCCCCCC(=O)OC[C@@H](COC(=O)CCCCCCCCCCCCCCC(C)C)OC(=O)CCCCCCCCCCCCCCCC(C)C. The number of carbonyl (C=O) groups is 3. The molecule has 0 aromatic rings. The highest BCUT2D eigenvalue weighted by Gasteiger charge is 2.19. The lowest BCUT2D eigenvalue weighted by Crippen LogP contribution is -2.30. The molecule has 0 aromatic carbocycles. The van der Waals surface area contributed by atoms with E-state index in [2.05, 4.69) is 41.5 Å². The van der Waals surface area contributed by atoms with Gasteiger partial charge in [-0.15, -0.1) is 0 Å². The fraction of sp³-hybridized carbons (Fsp3) is 0.943. The van der Waals surface area contributed by atoms with E-state index in [9.17, 15) is 14.4 Å². The lowest BCUT2D eigenvalue weighted by molar-refractivity contribution is -0.167. The van der Waals surface area contributed by atoms with Crippen molar-refractivity contribution in [3.8, 4) is 0 Å². The van der Waals surface area contributed by atoms with Gasteiger partial charge in [0.1, 0.15) is 13.2 Å². The first-order chi connectivity index (χ1) is 28.6. The molecule has 0 aliphatic heterocycles. The molecule has 6 heteroatoms. The fourth-order valence-corrected chi connectivity index (χ4v) is 7.91. The number of hydrogen-bond acceptors (Lipinski definition) is 6. The molecular formula is C53H102O6. The second-order valence-corrected chi connectivity index (χ2v) is 19.4. The van der Waals surface area contributed by atoms with E-state index in [-0.39, 0.29) is 31.1 Å². The van der Waals surface area contributed by atoms with Gasteiger partial charge in [-0.25, -0.2) is 0 Å². The Morgan fingerprint density at radius 3 is 0.881 bits per heavy atom. The van der Waals surface area contributed by atoms with Gasteiger partial charge in [0, 0.05) is 19.3 Å². The number of rotatable bonds is 46. The number of unbranched alkanes of at least 4 members (excludes halogenated alkanes) is 28. The van der Waals surface area contributed by atoms with Gasteiger partial charge < -0.3 is 14.2 Å². The van der Waals surface area contributed by atoms with Crippen molar-refractivity contribution in [3.05, 3.63) is 0 Å². The molecule has 0 saturated carbocycles. The third kappa shape index (κ3) is 45.8. The highest BCUT2D eigenvalue weighted by molar-refractivity contribution is 5.71. The highest BCUT2D eigenvalue weighted by atomic mass is 16.6. The van der Waals surface area contributed by atoms with Gasteiger partial charge in [-0.1, -0.05) is 247 Å². The molecule has 0 aliphatic carbocycles. The van der Waals surface area contributed by atoms with Gasteiger partial charge in [-0.05, 0) is 37.0 Å². The van der Waals surface area contributed by atoms with Crippen LogP contribution in [0.5, 0.6) is 0 Å². The number of hydrogen-bond donors (Lipinski definition) is 0. The van der Waals surface area contributed by atoms with Crippen molar-refractivity contribution >= 4 is 17.9 Å². The number of ether oxygens (including phenoxy) is 3. The van der Waals surface area contributed by atoms with Crippen molar-refractivity contribution in [2.45, 2.75) is 292 Å². The summed E-state index contributed by atoms with van der Waals surface area (Å²) in [6, 6.07) is 0. The number of carbonyl (C=O) groups excluding carboxylic acids is 3.